The van der Waals surface area contributed by atoms with Gasteiger partial charge in [-0.2, -0.15) is 0 Å². The van der Waals surface area contributed by atoms with Crippen molar-refractivity contribution >= 4 is 28.4 Å². The number of thiazole rings is 1. The van der Waals surface area contributed by atoms with E-state index in [1.165, 1.54) is 12.1 Å². The lowest BCUT2D eigenvalue weighted by molar-refractivity contribution is -0.384. The third-order valence-electron chi connectivity index (χ3n) is 2.95. The average molecular weight is 293 g/mol. The number of hydrazine groups is 1. The Kier molecular flexibility index (Phi) is 4.16. The highest BCUT2D eigenvalue weighted by Crippen LogP contribution is 2.27. The van der Waals surface area contributed by atoms with Crippen LogP contribution < -0.4 is 16.2 Å². The number of nitrogen functional groups attached to an aromatic ring is 1. The Morgan fingerprint density at radius 3 is 2.80 bits per heavy atom. The molecule has 1 aromatic heterocycles. The summed E-state index contributed by atoms with van der Waals surface area (Å²) in [7, 11) is 1.87. The van der Waals surface area contributed by atoms with E-state index < -0.39 is 4.92 Å². The zero-order valence-electron chi connectivity index (χ0n) is 11.2. The van der Waals surface area contributed by atoms with Gasteiger partial charge in [0, 0.05) is 29.7 Å². The number of non-ortho nitro benzene ring substituents is 1. The second-order valence-corrected chi connectivity index (χ2v) is 5.30. The Balaban J connectivity index is 2.29. The minimum Gasteiger partial charge on any atom is -0.369 e. The number of nitro groups is 1. The number of nitro benzene ring substituents is 1. The van der Waals surface area contributed by atoms with E-state index in [2.05, 4.69) is 10.4 Å². The third kappa shape index (κ3) is 3.03. The molecule has 0 unspecified atom stereocenters. The van der Waals surface area contributed by atoms with E-state index >= 15 is 0 Å². The lowest BCUT2D eigenvalue weighted by Crippen LogP contribution is -2.17. The quantitative estimate of drug-likeness (QED) is 0.498. The van der Waals surface area contributed by atoms with Crippen molar-refractivity contribution in [1.29, 1.82) is 0 Å². The summed E-state index contributed by atoms with van der Waals surface area (Å²) in [6, 6.07) is 4.69. The molecule has 0 atom stereocenters. The second kappa shape index (κ2) is 5.85. The predicted octanol–water partition coefficient (Wildman–Crippen LogP) is 2.28. The molecule has 0 aliphatic heterocycles. The molecule has 0 saturated heterocycles. The Hall–Kier alpha value is -2.19. The van der Waals surface area contributed by atoms with Gasteiger partial charge in [-0.25, -0.2) is 4.98 Å². The van der Waals surface area contributed by atoms with Crippen LogP contribution in [0.25, 0.3) is 0 Å². The van der Waals surface area contributed by atoms with Crippen molar-refractivity contribution in [3.8, 4) is 0 Å². The second-order valence-electron chi connectivity index (χ2n) is 4.36. The highest BCUT2D eigenvalue weighted by molar-refractivity contribution is 7.09. The lowest BCUT2D eigenvalue weighted by Gasteiger charge is -2.19. The van der Waals surface area contributed by atoms with E-state index in [-0.39, 0.29) is 5.69 Å². The van der Waals surface area contributed by atoms with E-state index in [0.717, 1.165) is 16.3 Å². The highest BCUT2D eigenvalue weighted by atomic mass is 32.1. The van der Waals surface area contributed by atoms with Crippen molar-refractivity contribution in [2.24, 2.45) is 5.84 Å². The fourth-order valence-electron chi connectivity index (χ4n) is 1.79. The number of benzene rings is 1. The molecule has 106 valence electrons. The zero-order valence-corrected chi connectivity index (χ0v) is 12.0. The summed E-state index contributed by atoms with van der Waals surface area (Å²) < 4.78 is 0. The van der Waals surface area contributed by atoms with Crippen molar-refractivity contribution in [3.63, 3.8) is 0 Å². The summed E-state index contributed by atoms with van der Waals surface area (Å²) in [6.07, 6.45) is 0. The van der Waals surface area contributed by atoms with Gasteiger partial charge in [-0.1, -0.05) is 0 Å². The van der Waals surface area contributed by atoms with Gasteiger partial charge in [0.05, 0.1) is 28.4 Å². The van der Waals surface area contributed by atoms with Crippen molar-refractivity contribution in [2.45, 2.75) is 13.5 Å². The molecule has 1 heterocycles. The van der Waals surface area contributed by atoms with E-state index in [4.69, 9.17) is 5.84 Å². The molecule has 0 aliphatic rings. The average Bonchev–Trinajstić information content (AvgIpc) is 2.83. The number of hydrogen-bond acceptors (Lipinski definition) is 7. The van der Waals surface area contributed by atoms with Crippen LogP contribution in [-0.4, -0.2) is 17.0 Å². The summed E-state index contributed by atoms with van der Waals surface area (Å²) in [5.74, 6) is 5.35. The highest BCUT2D eigenvalue weighted by Gasteiger charge is 2.13. The van der Waals surface area contributed by atoms with Gasteiger partial charge in [0.25, 0.3) is 5.69 Å². The maximum absolute atomic E-state index is 10.9. The van der Waals surface area contributed by atoms with Gasteiger partial charge in [0.15, 0.2) is 0 Å². The first kappa shape index (κ1) is 14.2. The normalized spacial score (nSPS) is 10.3. The van der Waals surface area contributed by atoms with Crippen LogP contribution in [0.1, 0.15) is 10.6 Å². The molecular formula is C12H15N5O2S. The molecular weight excluding hydrogens is 278 g/mol. The molecule has 20 heavy (non-hydrogen) atoms. The van der Waals surface area contributed by atoms with Gasteiger partial charge >= 0.3 is 0 Å². The molecule has 0 fully saturated rings. The number of nitrogens with one attached hydrogen (secondary N) is 1. The first-order chi connectivity index (χ1) is 9.51. The van der Waals surface area contributed by atoms with Gasteiger partial charge in [-0.3, -0.25) is 16.0 Å². The number of hydrogen-bond donors (Lipinski definition) is 2. The number of aryl methyl sites for hydroxylation is 1. The maximum Gasteiger partial charge on any atom is 0.273 e. The zero-order chi connectivity index (χ0) is 14.7. The molecule has 0 radical (unpaired) electrons. The Bertz CT molecular complexity index is 628. The number of anilines is 2. The number of rotatable bonds is 5. The minimum absolute atomic E-state index is 0.00308. The van der Waals surface area contributed by atoms with Crippen molar-refractivity contribution in [2.75, 3.05) is 17.4 Å². The Morgan fingerprint density at radius 2 is 2.25 bits per heavy atom. The number of aromatic nitrogens is 1. The molecule has 0 saturated carbocycles. The standard InChI is InChI=1S/C12H15N5O2S/c1-8-12(20-7-14-8)6-16(2)10-3-9(15-13)4-11(5-10)17(18)19/h3-5,7,15H,6,13H2,1-2H3. The topological polar surface area (TPSA) is 97.3 Å². The molecule has 8 heteroatoms. The smallest absolute Gasteiger partial charge is 0.273 e. The SMILES string of the molecule is Cc1ncsc1CN(C)c1cc(NN)cc([N+](=O)[O-])c1. The van der Waals surface area contributed by atoms with Crippen LogP contribution in [0, 0.1) is 17.0 Å². The van der Waals surface area contributed by atoms with E-state index in [9.17, 15) is 10.1 Å². The molecule has 3 N–H and O–H groups in total. The van der Waals surface area contributed by atoms with Gasteiger partial charge in [-0.15, -0.1) is 11.3 Å². The van der Waals surface area contributed by atoms with Crippen LogP contribution in [0.2, 0.25) is 0 Å². The molecule has 7 nitrogen and oxygen atoms in total. The molecule has 2 aromatic rings. The summed E-state index contributed by atoms with van der Waals surface area (Å²) in [4.78, 5) is 17.7. The maximum atomic E-state index is 10.9. The molecule has 1 aromatic carbocycles. The van der Waals surface area contributed by atoms with E-state index in [1.54, 1.807) is 22.9 Å². The summed E-state index contributed by atoms with van der Waals surface area (Å²) in [5, 5.41) is 10.9. The number of nitrogens with zero attached hydrogens (tertiary/aromatic N) is 3. The van der Waals surface area contributed by atoms with Crippen molar-refractivity contribution < 1.29 is 4.92 Å². The largest absolute Gasteiger partial charge is 0.369 e. The monoisotopic (exact) mass is 293 g/mol. The van der Waals surface area contributed by atoms with Gasteiger partial charge < -0.3 is 10.3 Å². The van der Waals surface area contributed by atoms with Crippen molar-refractivity contribution in [3.05, 3.63) is 44.4 Å². The first-order valence-electron chi connectivity index (χ1n) is 5.87. The Morgan fingerprint density at radius 1 is 1.50 bits per heavy atom. The Labute approximate surface area is 120 Å². The summed E-state index contributed by atoms with van der Waals surface area (Å²) in [6.45, 7) is 2.58. The van der Waals surface area contributed by atoms with Crippen LogP contribution in [-0.2, 0) is 6.54 Å². The van der Waals surface area contributed by atoms with Crippen LogP contribution in [0.5, 0.6) is 0 Å². The molecule has 0 bridgehead atoms. The van der Waals surface area contributed by atoms with E-state index in [0.29, 0.717) is 12.2 Å². The van der Waals surface area contributed by atoms with Crippen LogP contribution in [0.4, 0.5) is 17.1 Å². The fraction of sp³-hybridized carbons (Fsp3) is 0.250. The number of nitrogens with two attached hydrogens (primary N) is 1. The van der Waals surface area contributed by atoms with Crippen molar-refractivity contribution in [1.82, 2.24) is 4.98 Å². The molecule has 2 rings (SSSR count). The van der Waals surface area contributed by atoms with Crippen LogP contribution >= 0.6 is 11.3 Å². The van der Waals surface area contributed by atoms with Gasteiger partial charge in [-0.05, 0) is 13.0 Å². The lowest BCUT2D eigenvalue weighted by atomic mass is 10.2. The molecule has 0 aliphatic carbocycles. The third-order valence-corrected chi connectivity index (χ3v) is 3.87. The van der Waals surface area contributed by atoms with E-state index in [1.807, 2.05) is 18.9 Å². The fourth-order valence-corrected chi connectivity index (χ4v) is 2.62. The minimum atomic E-state index is -0.434. The van der Waals surface area contributed by atoms with Gasteiger partial charge in [0.1, 0.15) is 0 Å². The predicted molar refractivity (Wildman–Crippen MR) is 79.9 cm³/mol. The summed E-state index contributed by atoms with van der Waals surface area (Å²) in [5.41, 5.74) is 6.44. The van der Waals surface area contributed by atoms with Gasteiger partial charge in [0.2, 0.25) is 0 Å². The van der Waals surface area contributed by atoms with Crippen LogP contribution in [0.3, 0.4) is 0 Å². The summed E-state index contributed by atoms with van der Waals surface area (Å²) >= 11 is 1.57. The van der Waals surface area contributed by atoms with Crippen LogP contribution in [0.15, 0.2) is 23.7 Å². The first-order valence-corrected chi connectivity index (χ1v) is 6.75. The molecule has 0 amide bonds. The molecule has 0 spiro atoms.